The van der Waals surface area contributed by atoms with Crippen molar-refractivity contribution in [2.24, 2.45) is 0 Å². The van der Waals surface area contributed by atoms with E-state index in [0.717, 1.165) is 0 Å². The van der Waals surface area contributed by atoms with Crippen LogP contribution in [0.4, 0.5) is 26.3 Å². The Balaban J connectivity index is 2.20. The summed E-state index contributed by atoms with van der Waals surface area (Å²) in [5.74, 6) is -2.01. The van der Waals surface area contributed by atoms with Crippen molar-refractivity contribution in [3.8, 4) is 6.07 Å². The fourth-order valence-electron chi connectivity index (χ4n) is 2.23. The number of hydrogen-bond donors (Lipinski definition) is 0. The Morgan fingerprint density at radius 2 is 1.43 bits per heavy atom. The molecule has 0 aliphatic rings. The number of nitrogens with zero attached hydrogens (tertiary/aromatic N) is 1. The van der Waals surface area contributed by atoms with Gasteiger partial charge in [0.05, 0.1) is 39.0 Å². The molecule has 5 nitrogen and oxygen atoms in total. The summed E-state index contributed by atoms with van der Waals surface area (Å²) in [7, 11) is -4.63. The van der Waals surface area contributed by atoms with E-state index in [2.05, 4.69) is 0 Å². The highest BCUT2D eigenvalue weighted by atomic mass is 32.2. The standard InChI is InChI=1S/C18H11F6NO4S/c19-17(20,21)13-7-14(18(22,23)24)9-15(8-13)30(27,28)6-5-29-16(26)12-3-1-11(10-25)2-4-12/h1-4,7-9H,5-6H2. The molecule has 0 atom stereocenters. The van der Waals surface area contributed by atoms with E-state index in [4.69, 9.17) is 10.00 Å². The molecule has 0 aromatic heterocycles. The first-order valence-corrected chi connectivity index (χ1v) is 9.59. The van der Waals surface area contributed by atoms with Gasteiger partial charge in [-0.25, -0.2) is 13.2 Å². The summed E-state index contributed by atoms with van der Waals surface area (Å²) in [6.45, 7) is -0.807. The van der Waals surface area contributed by atoms with E-state index in [9.17, 15) is 39.6 Å². The summed E-state index contributed by atoms with van der Waals surface area (Å²) in [6.07, 6.45) is -10.4. The maximum absolute atomic E-state index is 12.9. The predicted octanol–water partition coefficient (Wildman–Crippen LogP) is 4.23. The summed E-state index contributed by atoms with van der Waals surface area (Å²) >= 11 is 0. The summed E-state index contributed by atoms with van der Waals surface area (Å²) < 4.78 is 106. The van der Waals surface area contributed by atoms with Gasteiger partial charge in [-0.2, -0.15) is 31.6 Å². The summed E-state index contributed by atoms with van der Waals surface area (Å²) in [6, 6.07) is 6.87. The van der Waals surface area contributed by atoms with Crippen LogP contribution in [0.1, 0.15) is 27.0 Å². The van der Waals surface area contributed by atoms with E-state index in [1.807, 2.05) is 6.07 Å². The first-order chi connectivity index (χ1) is 13.7. The van der Waals surface area contributed by atoms with Gasteiger partial charge < -0.3 is 4.74 Å². The van der Waals surface area contributed by atoms with Crippen molar-refractivity contribution in [1.82, 2.24) is 0 Å². The minimum atomic E-state index is -5.20. The third kappa shape index (κ3) is 5.73. The molecular formula is C18H11F6NO4S. The molecule has 2 aromatic carbocycles. The predicted molar refractivity (Wildman–Crippen MR) is 89.9 cm³/mol. The number of alkyl halides is 6. The highest BCUT2D eigenvalue weighted by molar-refractivity contribution is 7.91. The molecule has 0 fully saturated rings. The Morgan fingerprint density at radius 1 is 0.933 bits per heavy atom. The largest absolute Gasteiger partial charge is 0.461 e. The molecule has 0 spiro atoms. The second kappa shape index (κ2) is 8.35. The van der Waals surface area contributed by atoms with Crippen molar-refractivity contribution in [3.05, 3.63) is 64.7 Å². The molecule has 2 aromatic rings. The Kier molecular flexibility index (Phi) is 6.46. The van der Waals surface area contributed by atoms with Gasteiger partial charge in [-0.05, 0) is 42.5 Å². The van der Waals surface area contributed by atoms with Crippen molar-refractivity contribution in [1.29, 1.82) is 5.26 Å². The second-order valence-corrected chi connectivity index (χ2v) is 7.99. The molecule has 0 N–H and O–H groups in total. The Morgan fingerprint density at radius 3 is 1.87 bits per heavy atom. The van der Waals surface area contributed by atoms with Crippen molar-refractivity contribution in [3.63, 3.8) is 0 Å². The molecule has 2 rings (SSSR count). The third-order valence-electron chi connectivity index (χ3n) is 3.76. The molecule has 12 heteroatoms. The van der Waals surface area contributed by atoms with E-state index in [1.165, 1.54) is 24.3 Å². The van der Waals surface area contributed by atoms with Crippen molar-refractivity contribution >= 4 is 15.8 Å². The SMILES string of the molecule is N#Cc1ccc(C(=O)OCCS(=O)(=O)c2cc(C(F)(F)F)cc(C(F)(F)F)c2)cc1. The van der Waals surface area contributed by atoms with E-state index in [1.54, 1.807) is 0 Å². The van der Waals surface area contributed by atoms with Crippen LogP contribution in [0, 0.1) is 11.3 Å². The fourth-order valence-corrected chi connectivity index (χ4v) is 3.38. The zero-order valence-corrected chi connectivity index (χ0v) is 15.5. The Bertz CT molecular complexity index is 1050. The number of benzene rings is 2. The van der Waals surface area contributed by atoms with Crippen LogP contribution in [0.2, 0.25) is 0 Å². The second-order valence-electron chi connectivity index (χ2n) is 5.89. The highest BCUT2D eigenvalue weighted by Crippen LogP contribution is 2.37. The lowest BCUT2D eigenvalue weighted by Gasteiger charge is -2.14. The quantitative estimate of drug-likeness (QED) is 0.502. The molecule has 0 unspecified atom stereocenters. The van der Waals surface area contributed by atoms with Crippen molar-refractivity contribution in [2.45, 2.75) is 17.2 Å². The maximum atomic E-state index is 12.9. The average molecular weight is 451 g/mol. The zero-order valence-electron chi connectivity index (χ0n) is 14.7. The molecule has 0 saturated heterocycles. The third-order valence-corrected chi connectivity index (χ3v) is 5.41. The lowest BCUT2D eigenvalue weighted by atomic mass is 10.1. The number of sulfone groups is 1. The molecule has 0 saturated carbocycles. The van der Waals surface area contributed by atoms with Crippen LogP contribution in [0.15, 0.2) is 47.4 Å². The van der Waals surface area contributed by atoms with Gasteiger partial charge in [0.2, 0.25) is 0 Å². The summed E-state index contributed by atoms with van der Waals surface area (Å²) in [4.78, 5) is 10.6. The molecule has 0 heterocycles. The normalized spacial score (nSPS) is 12.3. The molecule has 0 aliphatic heterocycles. The summed E-state index contributed by atoms with van der Waals surface area (Å²) in [5, 5.41) is 8.67. The van der Waals surface area contributed by atoms with Gasteiger partial charge in [0.1, 0.15) is 6.61 Å². The van der Waals surface area contributed by atoms with Crippen LogP contribution in [-0.2, 0) is 26.9 Å². The molecule has 0 amide bonds. The van der Waals surface area contributed by atoms with Gasteiger partial charge in [0.25, 0.3) is 0 Å². The lowest BCUT2D eigenvalue weighted by Crippen LogP contribution is -2.18. The van der Waals surface area contributed by atoms with Crippen LogP contribution in [0.5, 0.6) is 0 Å². The van der Waals surface area contributed by atoms with Gasteiger partial charge >= 0.3 is 18.3 Å². The summed E-state index contributed by atoms with van der Waals surface area (Å²) in [5.41, 5.74) is -3.32. The van der Waals surface area contributed by atoms with E-state index in [-0.39, 0.29) is 29.3 Å². The molecule has 160 valence electrons. The van der Waals surface area contributed by atoms with Crippen LogP contribution in [0.25, 0.3) is 0 Å². The van der Waals surface area contributed by atoms with Crippen LogP contribution >= 0.6 is 0 Å². The number of nitriles is 1. The highest BCUT2D eigenvalue weighted by Gasteiger charge is 2.38. The van der Waals surface area contributed by atoms with Crippen LogP contribution in [0.3, 0.4) is 0 Å². The van der Waals surface area contributed by atoms with Crippen LogP contribution in [-0.4, -0.2) is 26.7 Å². The lowest BCUT2D eigenvalue weighted by molar-refractivity contribution is -0.143. The number of halogens is 6. The fraction of sp³-hybridized carbons (Fsp3) is 0.222. The average Bonchev–Trinajstić information content (AvgIpc) is 2.66. The number of carbonyl (C=O) groups is 1. The van der Waals surface area contributed by atoms with Gasteiger partial charge in [-0.15, -0.1) is 0 Å². The number of rotatable bonds is 5. The zero-order chi connectivity index (χ0) is 22.7. The van der Waals surface area contributed by atoms with E-state index < -0.39 is 56.5 Å². The monoisotopic (exact) mass is 451 g/mol. The molecule has 0 bridgehead atoms. The number of esters is 1. The van der Waals surface area contributed by atoms with Crippen LogP contribution < -0.4 is 0 Å². The minimum Gasteiger partial charge on any atom is -0.461 e. The Labute approximate surface area is 166 Å². The number of carbonyl (C=O) groups excluding carboxylic acids is 1. The van der Waals surface area contributed by atoms with Crippen molar-refractivity contribution in [2.75, 3.05) is 12.4 Å². The molecule has 0 aliphatic carbocycles. The number of ether oxygens (including phenoxy) is 1. The first-order valence-electron chi connectivity index (χ1n) is 7.93. The Hall–Kier alpha value is -3.07. The topological polar surface area (TPSA) is 84.2 Å². The van der Waals surface area contributed by atoms with Gasteiger partial charge in [-0.3, -0.25) is 0 Å². The number of hydrogen-bond acceptors (Lipinski definition) is 5. The van der Waals surface area contributed by atoms with Crippen molar-refractivity contribution < 1.29 is 44.3 Å². The van der Waals surface area contributed by atoms with E-state index >= 15 is 0 Å². The smallest absolute Gasteiger partial charge is 0.416 e. The van der Waals surface area contributed by atoms with Gasteiger partial charge in [0.15, 0.2) is 9.84 Å². The maximum Gasteiger partial charge on any atom is 0.416 e. The molecule has 0 radical (unpaired) electrons. The minimum absolute atomic E-state index is 0.0233. The van der Waals surface area contributed by atoms with Gasteiger partial charge in [-0.1, -0.05) is 0 Å². The molecule has 30 heavy (non-hydrogen) atoms. The van der Waals surface area contributed by atoms with Gasteiger partial charge in [0, 0.05) is 0 Å². The first kappa shape index (κ1) is 23.2. The molecular weight excluding hydrogens is 440 g/mol. The van der Waals surface area contributed by atoms with E-state index in [0.29, 0.717) is 0 Å².